The van der Waals surface area contributed by atoms with E-state index in [1.54, 1.807) is 0 Å². The molecule has 1 aromatic carbocycles. The first-order chi connectivity index (χ1) is 11.3. The maximum Gasteiger partial charge on any atom is 0.335 e. The first-order valence-corrected chi connectivity index (χ1v) is 8.94. The Labute approximate surface area is 140 Å². The molecule has 1 aromatic rings. The number of ether oxygens (including phenoxy) is 1. The highest BCUT2D eigenvalue weighted by Crippen LogP contribution is 2.29. The molecular weight excluding hydrogens is 286 g/mol. The highest BCUT2D eigenvalue weighted by molar-refractivity contribution is 5.89. The summed E-state index contributed by atoms with van der Waals surface area (Å²) >= 11 is 0. The number of unbranched alkanes of at least 4 members (excludes halogenated alkanes) is 2. The lowest BCUT2D eigenvalue weighted by atomic mass is 9.97. The van der Waals surface area contributed by atoms with Crippen LogP contribution in [0.2, 0.25) is 0 Å². The van der Waals surface area contributed by atoms with Gasteiger partial charge in [-0.25, -0.2) is 4.79 Å². The lowest BCUT2D eigenvalue weighted by molar-refractivity contribution is -0.139. The normalized spacial score (nSPS) is 15.0. The maximum atomic E-state index is 12.3. The van der Waals surface area contributed by atoms with E-state index < -0.39 is 0 Å². The lowest BCUT2D eigenvalue weighted by Crippen LogP contribution is -2.31. The van der Waals surface area contributed by atoms with E-state index in [2.05, 4.69) is 36.1 Å². The lowest BCUT2D eigenvalue weighted by Gasteiger charge is -2.33. The van der Waals surface area contributed by atoms with E-state index in [-0.39, 0.29) is 5.97 Å². The third kappa shape index (κ3) is 5.12. The number of hydrogen-bond donors (Lipinski definition) is 0. The van der Waals surface area contributed by atoms with Gasteiger partial charge in [0, 0.05) is 18.8 Å². The smallest absolute Gasteiger partial charge is 0.335 e. The van der Waals surface area contributed by atoms with Crippen molar-refractivity contribution in [1.82, 2.24) is 4.90 Å². The van der Waals surface area contributed by atoms with E-state index in [1.807, 2.05) is 13.0 Å². The number of hydrogen-bond acceptors (Lipinski definition) is 3. The van der Waals surface area contributed by atoms with Crippen LogP contribution in [0, 0.1) is 0 Å². The molecule has 0 aliphatic carbocycles. The molecule has 2 rings (SSSR count). The molecule has 1 aliphatic rings. The summed E-state index contributed by atoms with van der Waals surface area (Å²) in [5, 5.41) is 0. The predicted molar refractivity (Wildman–Crippen MR) is 93.9 cm³/mol. The molecule has 0 radical (unpaired) electrons. The Morgan fingerprint density at radius 2 is 1.96 bits per heavy atom. The van der Waals surface area contributed by atoms with Crippen molar-refractivity contribution < 1.29 is 9.53 Å². The summed E-state index contributed by atoms with van der Waals surface area (Å²) in [5.74, 6) is -0.114. The number of esters is 1. The molecule has 0 atom stereocenters. The summed E-state index contributed by atoms with van der Waals surface area (Å²) in [5.41, 5.74) is 3.42. The molecular formula is C20H29NO2. The van der Waals surface area contributed by atoms with Crippen LogP contribution >= 0.6 is 0 Å². The maximum absolute atomic E-state index is 12.3. The molecule has 0 spiro atoms. The Balaban J connectivity index is 2.19. The van der Waals surface area contributed by atoms with Gasteiger partial charge in [0.05, 0.1) is 12.2 Å². The Morgan fingerprint density at radius 1 is 1.17 bits per heavy atom. The number of carbonyl (C=O) groups excluding carboxylic acids is 1. The zero-order valence-electron chi connectivity index (χ0n) is 14.5. The quantitative estimate of drug-likeness (QED) is 0.515. The van der Waals surface area contributed by atoms with E-state index in [4.69, 9.17) is 4.74 Å². The third-order valence-electron chi connectivity index (χ3n) is 4.34. The van der Waals surface area contributed by atoms with Crippen molar-refractivity contribution in [3.8, 4) is 0 Å². The number of rotatable bonds is 8. The highest BCUT2D eigenvalue weighted by atomic mass is 16.5. The first kappa shape index (κ1) is 17.6. The van der Waals surface area contributed by atoms with Gasteiger partial charge in [0.1, 0.15) is 0 Å². The molecule has 0 bridgehead atoms. The van der Waals surface area contributed by atoms with E-state index >= 15 is 0 Å². The van der Waals surface area contributed by atoms with Crippen molar-refractivity contribution in [3.63, 3.8) is 0 Å². The molecule has 1 heterocycles. The van der Waals surface area contributed by atoms with Crippen molar-refractivity contribution >= 4 is 5.97 Å². The number of carbonyl (C=O) groups is 1. The van der Waals surface area contributed by atoms with Crippen LogP contribution in [0.15, 0.2) is 41.6 Å². The summed E-state index contributed by atoms with van der Waals surface area (Å²) in [6.07, 6.45) is 6.40. The van der Waals surface area contributed by atoms with Gasteiger partial charge in [-0.3, -0.25) is 0 Å². The van der Waals surface area contributed by atoms with Gasteiger partial charge < -0.3 is 9.64 Å². The summed E-state index contributed by atoms with van der Waals surface area (Å²) in [6.45, 7) is 6.44. The van der Waals surface area contributed by atoms with Gasteiger partial charge in [-0.1, -0.05) is 50.1 Å². The SMILES string of the molecule is CCCCCC1=C(C(=O)OCC)CCCN1Cc1ccccc1. The van der Waals surface area contributed by atoms with Crippen LogP contribution in [0.5, 0.6) is 0 Å². The molecule has 3 heteroatoms. The molecule has 0 aromatic heterocycles. The van der Waals surface area contributed by atoms with Gasteiger partial charge in [0.15, 0.2) is 0 Å². The minimum Gasteiger partial charge on any atom is -0.463 e. The largest absolute Gasteiger partial charge is 0.463 e. The monoisotopic (exact) mass is 315 g/mol. The van der Waals surface area contributed by atoms with Gasteiger partial charge >= 0.3 is 5.97 Å². The van der Waals surface area contributed by atoms with Crippen molar-refractivity contribution in [2.75, 3.05) is 13.2 Å². The minimum absolute atomic E-state index is 0.114. The Bertz CT molecular complexity index is 522. The molecule has 126 valence electrons. The number of benzene rings is 1. The Kier molecular flexibility index (Phi) is 7.18. The zero-order valence-corrected chi connectivity index (χ0v) is 14.5. The van der Waals surface area contributed by atoms with E-state index in [0.29, 0.717) is 6.61 Å². The molecule has 1 aliphatic heterocycles. The van der Waals surface area contributed by atoms with Gasteiger partial charge in [-0.2, -0.15) is 0 Å². The van der Waals surface area contributed by atoms with Gasteiger partial charge in [-0.05, 0) is 38.2 Å². The second-order valence-corrected chi connectivity index (χ2v) is 6.11. The second-order valence-electron chi connectivity index (χ2n) is 6.11. The molecule has 0 unspecified atom stereocenters. The van der Waals surface area contributed by atoms with E-state index in [9.17, 15) is 4.79 Å². The van der Waals surface area contributed by atoms with Crippen LogP contribution in [-0.4, -0.2) is 24.0 Å². The topological polar surface area (TPSA) is 29.5 Å². The molecule has 0 saturated carbocycles. The standard InChI is InChI=1S/C20H29NO2/c1-3-5-7-14-19-18(20(22)23-4-2)13-10-15-21(19)16-17-11-8-6-9-12-17/h6,8-9,11-12H,3-5,7,10,13-16H2,1-2H3. The minimum atomic E-state index is -0.114. The van der Waals surface area contributed by atoms with Crippen molar-refractivity contribution in [3.05, 3.63) is 47.2 Å². The van der Waals surface area contributed by atoms with Crippen LogP contribution in [0.4, 0.5) is 0 Å². The molecule has 0 amide bonds. The van der Waals surface area contributed by atoms with Crippen molar-refractivity contribution in [2.24, 2.45) is 0 Å². The summed E-state index contributed by atoms with van der Waals surface area (Å²) in [6, 6.07) is 10.5. The van der Waals surface area contributed by atoms with Gasteiger partial charge in [0.25, 0.3) is 0 Å². The molecule has 23 heavy (non-hydrogen) atoms. The average Bonchev–Trinajstić information content (AvgIpc) is 2.57. The molecule has 0 N–H and O–H groups in total. The number of allylic oxidation sites excluding steroid dienone is 1. The van der Waals surface area contributed by atoms with E-state index in [0.717, 1.165) is 44.3 Å². The second kappa shape index (κ2) is 9.39. The Morgan fingerprint density at radius 3 is 2.65 bits per heavy atom. The fourth-order valence-electron chi connectivity index (χ4n) is 3.18. The molecule has 3 nitrogen and oxygen atoms in total. The van der Waals surface area contributed by atoms with Crippen LogP contribution in [0.1, 0.15) is 57.9 Å². The van der Waals surface area contributed by atoms with Crippen LogP contribution in [0.25, 0.3) is 0 Å². The third-order valence-corrected chi connectivity index (χ3v) is 4.34. The first-order valence-electron chi connectivity index (χ1n) is 8.94. The van der Waals surface area contributed by atoms with Crippen LogP contribution < -0.4 is 0 Å². The van der Waals surface area contributed by atoms with Gasteiger partial charge in [-0.15, -0.1) is 0 Å². The molecule has 0 saturated heterocycles. The predicted octanol–water partition coefficient (Wildman–Crippen LogP) is 4.68. The van der Waals surface area contributed by atoms with E-state index in [1.165, 1.54) is 24.1 Å². The van der Waals surface area contributed by atoms with Crippen LogP contribution in [0.3, 0.4) is 0 Å². The van der Waals surface area contributed by atoms with Gasteiger partial charge in [0.2, 0.25) is 0 Å². The van der Waals surface area contributed by atoms with Crippen molar-refractivity contribution in [1.29, 1.82) is 0 Å². The fraction of sp³-hybridized carbons (Fsp3) is 0.550. The summed E-state index contributed by atoms with van der Waals surface area (Å²) < 4.78 is 5.29. The number of nitrogens with zero attached hydrogens (tertiary/aromatic N) is 1. The fourth-order valence-corrected chi connectivity index (χ4v) is 3.18. The van der Waals surface area contributed by atoms with Crippen molar-refractivity contribution in [2.45, 2.75) is 58.9 Å². The zero-order chi connectivity index (χ0) is 16.5. The Hall–Kier alpha value is -1.77. The van der Waals surface area contributed by atoms with Crippen LogP contribution in [-0.2, 0) is 16.1 Å². The summed E-state index contributed by atoms with van der Waals surface area (Å²) in [7, 11) is 0. The highest BCUT2D eigenvalue weighted by Gasteiger charge is 2.25. The average molecular weight is 315 g/mol. The molecule has 0 fully saturated rings. The summed E-state index contributed by atoms with van der Waals surface area (Å²) in [4.78, 5) is 14.7.